The van der Waals surface area contributed by atoms with Crippen molar-refractivity contribution in [1.82, 2.24) is 10.3 Å². The number of furan rings is 1. The summed E-state index contributed by atoms with van der Waals surface area (Å²) < 4.78 is 11.0. The van der Waals surface area contributed by atoms with Crippen LogP contribution in [0.5, 0.6) is 5.88 Å². The fraction of sp³-hybridized carbons (Fsp3) is 0.444. The minimum Gasteiger partial charge on any atom is -0.477 e. The molecule has 2 N–H and O–H groups in total. The summed E-state index contributed by atoms with van der Waals surface area (Å²) in [7, 11) is 0. The number of carbonyl (C=O) groups excluding carboxylic acids is 1. The summed E-state index contributed by atoms with van der Waals surface area (Å²) in [5.74, 6) is 1.37. The molecule has 1 unspecified atom stereocenters. The van der Waals surface area contributed by atoms with Crippen molar-refractivity contribution in [2.75, 3.05) is 13.2 Å². The first-order valence-corrected chi connectivity index (χ1v) is 7.95. The zero-order valence-electron chi connectivity index (χ0n) is 14.5. The summed E-state index contributed by atoms with van der Waals surface area (Å²) in [6.45, 7) is 7.91. The number of hydrogen-bond acceptors (Lipinski definition) is 5. The van der Waals surface area contributed by atoms with Gasteiger partial charge in [-0.3, -0.25) is 4.79 Å². The molecule has 1 amide bonds. The van der Waals surface area contributed by atoms with Gasteiger partial charge in [0, 0.05) is 6.20 Å². The number of pyridine rings is 1. The molecular weight excluding hydrogens is 308 g/mol. The smallest absolute Gasteiger partial charge is 0.256 e. The van der Waals surface area contributed by atoms with Crippen molar-refractivity contribution < 1.29 is 19.1 Å². The molecule has 0 aliphatic carbocycles. The van der Waals surface area contributed by atoms with E-state index >= 15 is 0 Å². The molecule has 2 heterocycles. The molecule has 2 aromatic rings. The molecule has 0 fully saturated rings. The van der Waals surface area contributed by atoms with Crippen LogP contribution in [0.1, 0.15) is 42.6 Å². The van der Waals surface area contributed by atoms with Crippen LogP contribution in [0.15, 0.2) is 34.9 Å². The summed E-state index contributed by atoms with van der Waals surface area (Å²) in [4.78, 5) is 16.5. The summed E-state index contributed by atoms with van der Waals surface area (Å²) in [6.07, 6.45) is 1.58. The van der Waals surface area contributed by atoms with Crippen molar-refractivity contribution in [2.45, 2.75) is 33.3 Å². The molecule has 6 nitrogen and oxygen atoms in total. The van der Waals surface area contributed by atoms with Gasteiger partial charge in [0.15, 0.2) is 0 Å². The van der Waals surface area contributed by atoms with Crippen molar-refractivity contribution in [1.29, 1.82) is 0 Å². The molecule has 0 saturated heterocycles. The maximum absolute atomic E-state index is 12.4. The number of rotatable bonds is 7. The third-order valence-corrected chi connectivity index (χ3v) is 3.43. The normalized spacial score (nSPS) is 13.6. The van der Waals surface area contributed by atoms with Gasteiger partial charge >= 0.3 is 0 Å². The predicted octanol–water partition coefficient (Wildman–Crippen LogP) is 2.66. The van der Waals surface area contributed by atoms with Gasteiger partial charge in [0.2, 0.25) is 5.88 Å². The van der Waals surface area contributed by atoms with Crippen molar-refractivity contribution in [3.63, 3.8) is 0 Å². The lowest BCUT2D eigenvalue weighted by molar-refractivity contribution is 0.0322. The van der Waals surface area contributed by atoms with Gasteiger partial charge < -0.3 is 19.6 Å². The molecule has 24 heavy (non-hydrogen) atoms. The summed E-state index contributed by atoms with van der Waals surface area (Å²) in [5, 5.41) is 13.2. The second-order valence-electron chi connectivity index (χ2n) is 6.43. The highest BCUT2D eigenvalue weighted by atomic mass is 16.5. The largest absolute Gasteiger partial charge is 0.477 e. The molecule has 0 saturated carbocycles. The third kappa shape index (κ3) is 4.58. The molecule has 130 valence electrons. The second-order valence-corrected chi connectivity index (χ2v) is 6.43. The first-order valence-electron chi connectivity index (χ1n) is 7.95. The third-order valence-electron chi connectivity index (χ3n) is 3.43. The number of nitrogens with zero attached hydrogens (tertiary/aromatic N) is 1. The van der Waals surface area contributed by atoms with Crippen molar-refractivity contribution in [3.8, 4) is 5.88 Å². The highest BCUT2D eigenvalue weighted by molar-refractivity contribution is 5.96. The molecule has 0 aromatic carbocycles. The van der Waals surface area contributed by atoms with Crippen LogP contribution < -0.4 is 10.1 Å². The number of carbonyl (C=O) groups is 1. The summed E-state index contributed by atoms with van der Waals surface area (Å²) in [6, 6.07) is 6.78. The van der Waals surface area contributed by atoms with Gasteiger partial charge in [-0.25, -0.2) is 4.98 Å². The fourth-order valence-electron chi connectivity index (χ4n) is 2.08. The van der Waals surface area contributed by atoms with Crippen LogP contribution >= 0.6 is 0 Å². The number of ether oxygens (including phenoxy) is 1. The van der Waals surface area contributed by atoms with Crippen LogP contribution in [-0.2, 0) is 5.60 Å². The Balaban J connectivity index is 2.04. The second kappa shape index (κ2) is 7.49. The van der Waals surface area contributed by atoms with Gasteiger partial charge in [0.25, 0.3) is 5.91 Å². The van der Waals surface area contributed by atoms with Gasteiger partial charge in [0.05, 0.1) is 13.2 Å². The molecule has 6 heteroatoms. The van der Waals surface area contributed by atoms with Crippen molar-refractivity contribution in [2.24, 2.45) is 5.92 Å². The Morgan fingerprint density at radius 1 is 1.42 bits per heavy atom. The lowest BCUT2D eigenvalue weighted by Crippen LogP contribution is -2.38. The zero-order chi connectivity index (χ0) is 17.7. The fourth-order valence-corrected chi connectivity index (χ4v) is 2.08. The summed E-state index contributed by atoms with van der Waals surface area (Å²) >= 11 is 0. The maximum atomic E-state index is 12.4. The highest BCUT2D eigenvalue weighted by Crippen LogP contribution is 2.22. The first-order chi connectivity index (χ1) is 11.3. The van der Waals surface area contributed by atoms with E-state index < -0.39 is 5.60 Å². The predicted molar refractivity (Wildman–Crippen MR) is 89.9 cm³/mol. The Morgan fingerprint density at radius 2 is 2.17 bits per heavy atom. The van der Waals surface area contributed by atoms with E-state index in [0.29, 0.717) is 29.6 Å². The van der Waals surface area contributed by atoms with Gasteiger partial charge in [0.1, 0.15) is 22.7 Å². The number of hydrogen-bond donors (Lipinski definition) is 2. The van der Waals surface area contributed by atoms with Crippen LogP contribution in [0.2, 0.25) is 0 Å². The van der Waals surface area contributed by atoms with E-state index in [1.165, 1.54) is 0 Å². The number of aromatic nitrogens is 1. The Labute approximate surface area is 141 Å². The Hall–Kier alpha value is -2.34. The molecule has 0 bridgehead atoms. The average molecular weight is 332 g/mol. The lowest BCUT2D eigenvalue weighted by atomic mass is 10.0. The lowest BCUT2D eigenvalue weighted by Gasteiger charge is -2.21. The number of aryl methyl sites for hydroxylation is 1. The van der Waals surface area contributed by atoms with E-state index in [2.05, 4.69) is 10.3 Å². The van der Waals surface area contributed by atoms with Gasteiger partial charge in [-0.05, 0) is 44.0 Å². The zero-order valence-corrected chi connectivity index (χ0v) is 14.5. The highest BCUT2D eigenvalue weighted by Gasteiger charge is 2.28. The van der Waals surface area contributed by atoms with E-state index in [9.17, 15) is 9.90 Å². The molecule has 0 radical (unpaired) electrons. The van der Waals surface area contributed by atoms with E-state index in [-0.39, 0.29) is 18.3 Å². The van der Waals surface area contributed by atoms with E-state index in [1.807, 2.05) is 13.8 Å². The van der Waals surface area contributed by atoms with E-state index in [4.69, 9.17) is 9.15 Å². The van der Waals surface area contributed by atoms with E-state index in [1.54, 1.807) is 44.3 Å². The van der Waals surface area contributed by atoms with Crippen LogP contribution in [0.3, 0.4) is 0 Å². The number of amides is 1. The van der Waals surface area contributed by atoms with Crippen molar-refractivity contribution in [3.05, 3.63) is 47.5 Å². The van der Waals surface area contributed by atoms with Gasteiger partial charge in [-0.1, -0.05) is 13.8 Å². The molecule has 2 rings (SSSR count). The molecule has 2 aromatic heterocycles. The van der Waals surface area contributed by atoms with Gasteiger partial charge in [-0.2, -0.15) is 0 Å². The molecule has 0 aliphatic heterocycles. The van der Waals surface area contributed by atoms with Crippen LogP contribution in [0.4, 0.5) is 0 Å². The molecular formula is C18H24N2O4. The Kier molecular flexibility index (Phi) is 5.62. The van der Waals surface area contributed by atoms with Crippen molar-refractivity contribution >= 4 is 5.91 Å². The monoisotopic (exact) mass is 332 g/mol. The van der Waals surface area contributed by atoms with Crippen LogP contribution in [-0.4, -0.2) is 29.1 Å². The first kappa shape index (κ1) is 18.0. The average Bonchev–Trinajstić information content (AvgIpc) is 2.98. The minimum atomic E-state index is -1.30. The number of aliphatic hydroxyl groups is 1. The molecule has 0 aliphatic rings. The standard InChI is InChI=1S/C18H24N2O4/c1-12(2)10-23-17-14(6-5-9-19-17)16(21)20-11-18(4,22)15-8-7-13(3)24-15/h5-9,12,22H,10-11H2,1-4H3,(H,20,21). The molecule has 0 spiro atoms. The Bertz CT molecular complexity index is 692. The number of nitrogens with one attached hydrogen (secondary N) is 1. The SMILES string of the molecule is Cc1ccc(C(C)(O)CNC(=O)c2cccnc2OCC(C)C)o1. The van der Waals surface area contributed by atoms with Gasteiger partial charge in [-0.15, -0.1) is 0 Å². The van der Waals surface area contributed by atoms with Crippen LogP contribution in [0, 0.1) is 12.8 Å². The quantitative estimate of drug-likeness (QED) is 0.814. The van der Waals surface area contributed by atoms with Crippen LogP contribution in [0.25, 0.3) is 0 Å². The maximum Gasteiger partial charge on any atom is 0.256 e. The topological polar surface area (TPSA) is 84.6 Å². The minimum absolute atomic E-state index is 0.0112. The van der Waals surface area contributed by atoms with E-state index in [0.717, 1.165) is 0 Å². The molecule has 1 atom stereocenters. The Morgan fingerprint density at radius 3 is 2.79 bits per heavy atom. The summed E-state index contributed by atoms with van der Waals surface area (Å²) in [5.41, 5.74) is -0.963.